The number of rotatable bonds is 0. The highest BCUT2D eigenvalue weighted by molar-refractivity contribution is 6.85. The molecule has 308 valence electrons. The molecule has 0 heterocycles. The molecule has 0 aromatic heterocycles. The first-order chi connectivity index (χ1) is 27.1. The van der Waals surface area contributed by atoms with Crippen molar-refractivity contribution in [2.24, 2.45) is 0 Å². The normalized spacial score (nSPS) is 17.7. The molecule has 60 heavy (non-hydrogen) atoms. The van der Waals surface area contributed by atoms with Gasteiger partial charge in [0, 0.05) is 44.5 Å². The summed E-state index contributed by atoms with van der Waals surface area (Å²) >= 11 is 0. The number of fused-ring (bicyclic) bond motifs is 4. The van der Waals surface area contributed by atoms with E-state index in [2.05, 4.69) is 211 Å². The lowest BCUT2D eigenvalue weighted by atomic mass is 9.67. The molecule has 0 amide bonds. The number of hydrogen-bond acceptors (Lipinski definition) is 2. The Labute approximate surface area is 368 Å². The van der Waals surface area contributed by atoms with Crippen LogP contribution < -0.4 is 0 Å². The maximum atomic E-state index is 13.5. The van der Waals surface area contributed by atoms with Crippen LogP contribution in [0.2, 0.25) is 118 Å². The Morgan fingerprint density at radius 2 is 0.483 bits per heavy atom. The summed E-state index contributed by atoms with van der Waals surface area (Å²) in [6.45, 7) is 40.0. The van der Waals surface area contributed by atoms with Crippen LogP contribution in [-0.2, 0) is 11.2 Å². The number of hydrogen-bond donors (Lipinski definition) is 2. The fourth-order valence-electron chi connectivity index (χ4n) is 6.45. The zero-order chi connectivity index (χ0) is 45.1. The molecule has 4 aromatic carbocycles. The first kappa shape index (κ1) is 47.0. The van der Waals surface area contributed by atoms with Gasteiger partial charge in [0.2, 0.25) is 0 Å². The van der Waals surface area contributed by atoms with Gasteiger partial charge in [0.1, 0.15) is 48.4 Å². The summed E-state index contributed by atoms with van der Waals surface area (Å²) in [4.78, 5) is 0. The average molecular weight is 890 g/mol. The molecule has 2 nitrogen and oxygen atoms in total. The van der Waals surface area contributed by atoms with Gasteiger partial charge in [-0.3, -0.25) is 0 Å². The van der Waals surface area contributed by atoms with Crippen molar-refractivity contribution in [3.8, 4) is 68.8 Å². The Balaban J connectivity index is 2.01. The topological polar surface area (TPSA) is 40.5 Å². The Kier molecular flexibility index (Phi) is 12.6. The minimum absolute atomic E-state index is 0.543. The van der Waals surface area contributed by atoms with Gasteiger partial charge >= 0.3 is 0 Å². The SMILES string of the molecule is C[Si](C)(C)C#Cc1cc2cc3c(cc2cc1C#C[Si](C)(C)C)C(O)(C#C[Si](C)(C)C)c1cc2cc(C#C[Si](C)(C)C)c(C#C[Si](C)(C)C)cc2cc1C3(O)C#C[Si](C)(C)C. The van der Waals surface area contributed by atoms with Gasteiger partial charge in [0.15, 0.2) is 11.2 Å². The molecule has 0 atom stereocenters. The van der Waals surface area contributed by atoms with E-state index in [-0.39, 0.29) is 0 Å². The highest BCUT2D eigenvalue weighted by Crippen LogP contribution is 2.50. The van der Waals surface area contributed by atoms with Crippen LogP contribution in [0.1, 0.15) is 44.5 Å². The molecule has 0 saturated heterocycles. The van der Waals surface area contributed by atoms with Crippen LogP contribution in [0.25, 0.3) is 21.5 Å². The predicted octanol–water partition coefficient (Wildman–Crippen LogP) is 11.5. The van der Waals surface area contributed by atoms with Crippen LogP contribution in [0, 0.1) is 68.8 Å². The second-order valence-corrected chi connectivity index (χ2v) is 51.2. The standard InChI is InChI=1S/C52H64O2Si6/c1-55(2,3)25-19-39-31-43-35-47-48(36-44(43)32-40(39)20-26-56(4,5)6)52(54,24-30-60(16,17)18)50-38-46-34-42(22-28-58(10,11)12)41(21-27-57(7,8)9)33-45(46)37-49(50)51(47,53)23-29-59(13,14)15/h31-38,53-54H,1-18H3. The van der Waals surface area contributed by atoms with Gasteiger partial charge in [-0.15, -0.1) is 33.3 Å². The maximum Gasteiger partial charge on any atom is 0.177 e. The Bertz CT molecular complexity index is 2470. The van der Waals surface area contributed by atoms with Gasteiger partial charge in [-0.1, -0.05) is 153 Å². The molecule has 5 rings (SSSR count). The third kappa shape index (κ3) is 11.7. The first-order valence-electron chi connectivity index (χ1n) is 21.1. The lowest BCUT2D eigenvalue weighted by molar-refractivity contribution is 0.0950. The first-order valence-corrected chi connectivity index (χ1v) is 42.1. The second kappa shape index (κ2) is 16.0. The van der Waals surface area contributed by atoms with E-state index in [1.54, 1.807) is 0 Å². The van der Waals surface area contributed by atoms with E-state index < -0.39 is 59.6 Å². The molecule has 0 aliphatic heterocycles. The van der Waals surface area contributed by atoms with Gasteiger partial charge < -0.3 is 10.2 Å². The van der Waals surface area contributed by atoms with Crippen LogP contribution in [0.15, 0.2) is 48.5 Å². The summed E-state index contributed by atoms with van der Waals surface area (Å²) in [7, 11) is -10.9. The molecular formula is C52H64O2Si6. The van der Waals surface area contributed by atoms with E-state index in [0.717, 1.165) is 43.8 Å². The van der Waals surface area contributed by atoms with Crippen LogP contribution in [0.5, 0.6) is 0 Å². The van der Waals surface area contributed by atoms with Crippen molar-refractivity contribution in [2.75, 3.05) is 0 Å². The minimum Gasteiger partial charge on any atom is -0.369 e. The molecule has 0 fully saturated rings. The van der Waals surface area contributed by atoms with Gasteiger partial charge in [-0.05, 0) is 70.1 Å². The molecule has 0 spiro atoms. The van der Waals surface area contributed by atoms with E-state index in [1.165, 1.54) is 0 Å². The zero-order valence-electron chi connectivity index (χ0n) is 39.5. The predicted molar refractivity (Wildman–Crippen MR) is 277 cm³/mol. The molecule has 0 saturated carbocycles. The van der Waals surface area contributed by atoms with Gasteiger partial charge in [0.25, 0.3) is 0 Å². The molecule has 1 aliphatic carbocycles. The number of benzene rings is 4. The summed E-state index contributed by atoms with van der Waals surface area (Å²) < 4.78 is 0. The quantitative estimate of drug-likeness (QED) is 0.136. The van der Waals surface area contributed by atoms with E-state index in [1.807, 2.05) is 24.3 Å². The summed E-state index contributed by atoms with van der Waals surface area (Å²) in [5, 5.41) is 30.5. The molecular weight excluding hydrogens is 825 g/mol. The molecule has 8 heteroatoms. The van der Waals surface area contributed by atoms with Gasteiger partial charge in [0.05, 0.1) is 0 Å². The van der Waals surface area contributed by atoms with Crippen molar-refractivity contribution in [1.29, 1.82) is 0 Å². The average Bonchev–Trinajstić information content (AvgIpc) is 3.08. The number of aliphatic hydroxyl groups is 2. The molecule has 1 aliphatic rings. The summed E-state index contributed by atoms with van der Waals surface area (Å²) in [5.41, 5.74) is 23.5. The van der Waals surface area contributed by atoms with Crippen molar-refractivity contribution in [1.82, 2.24) is 0 Å². The Hall–Kier alpha value is -4.02. The molecule has 0 bridgehead atoms. The minimum atomic E-state index is -2.01. The van der Waals surface area contributed by atoms with E-state index in [4.69, 9.17) is 0 Å². The van der Waals surface area contributed by atoms with Crippen molar-refractivity contribution in [2.45, 2.75) is 129 Å². The largest absolute Gasteiger partial charge is 0.369 e. The van der Waals surface area contributed by atoms with E-state index in [9.17, 15) is 10.2 Å². The van der Waals surface area contributed by atoms with Crippen LogP contribution in [-0.4, -0.2) is 58.7 Å². The maximum absolute atomic E-state index is 13.5. The Morgan fingerprint density at radius 1 is 0.300 bits per heavy atom. The lowest BCUT2D eigenvalue weighted by Crippen LogP contribution is -2.42. The highest BCUT2D eigenvalue weighted by Gasteiger charge is 2.49. The molecule has 0 unspecified atom stereocenters. The monoisotopic (exact) mass is 888 g/mol. The van der Waals surface area contributed by atoms with E-state index in [0.29, 0.717) is 22.3 Å². The van der Waals surface area contributed by atoms with Crippen LogP contribution >= 0.6 is 0 Å². The fraction of sp³-hybridized carbons (Fsp3) is 0.385. The Morgan fingerprint density at radius 3 is 0.650 bits per heavy atom. The van der Waals surface area contributed by atoms with Gasteiger partial charge in [-0.2, -0.15) is 0 Å². The third-order valence-corrected chi connectivity index (χ3v) is 14.6. The molecule has 0 radical (unpaired) electrons. The van der Waals surface area contributed by atoms with Crippen molar-refractivity contribution in [3.05, 3.63) is 93.0 Å². The second-order valence-electron chi connectivity index (χ2n) is 22.7. The smallest absolute Gasteiger partial charge is 0.177 e. The third-order valence-electron chi connectivity index (χ3n) is 9.31. The zero-order valence-corrected chi connectivity index (χ0v) is 45.5. The van der Waals surface area contributed by atoms with Crippen molar-refractivity contribution >= 4 is 70.0 Å². The van der Waals surface area contributed by atoms with Gasteiger partial charge in [-0.25, -0.2) is 0 Å². The van der Waals surface area contributed by atoms with Crippen molar-refractivity contribution < 1.29 is 10.2 Å². The summed E-state index contributed by atoms with van der Waals surface area (Å²) in [6, 6.07) is 16.5. The van der Waals surface area contributed by atoms with E-state index >= 15 is 0 Å². The molecule has 2 N–H and O–H groups in total. The van der Waals surface area contributed by atoms with Crippen molar-refractivity contribution in [3.63, 3.8) is 0 Å². The molecule has 4 aromatic rings. The highest BCUT2D eigenvalue weighted by atomic mass is 28.3. The fourth-order valence-corrected chi connectivity index (χ4v) is 9.60. The lowest BCUT2D eigenvalue weighted by Gasteiger charge is -2.41. The summed E-state index contributed by atoms with van der Waals surface area (Å²) in [6.07, 6.45) is 0. The van der Waals surface area contributed by atoms with Crippen LogP contribution in [0.4, 0.5) is 0 Å². The summed E-state index contributed by atoms with van der Waals surface area (Å²) in [5.74, 6) is 21.0. The van der Waals surface area contributed by atoms with Crippen LogP contribution in [0.3, 0.4) is 0 Å².